The van der Waals surface area contributed by atoms with E-state index in [1.165, 1.54) is 17.4 Å². The highest BCUT2D eigenvalue weighted by molar-refractivity contribution is 7.22. The van der Waals surface area contributed by atoms with Crippen molar-refractivity contribution in [3.05, 3.63) is 53.9 Å². The van der Waals surface area contributed by atoms with E-state index in [1.54, 1.807) is 19.2 Å². The van der Waals surface area contributed by atoms with Gasteiger partial charge in [-0.15, -0.1) is 0 Å². The molecule has 0 aliphatic carbocycles. The van der Waals surface area contributed by atoms with E-state index in [-0.39, 0.29) is 5.52 Å². The van der Waals surface area contributed by atoms with Crippen LogP contribution >= 0.6 is 11.3 Å². The van der Waals surface area contributed by atoms with Crippen LogP contribution in [0.1, 0.15) is 18.2 Å². The first-order valence-corrected chi connectivity index (χ1v) is 7.44. The minimum atomic E-state index is -4.38. The quantitative estimate of drug-likeness (QED) is 0.564. The molecule has 2 heterocycles. The molecule has 1 N–H and O–H groups in total. The maximum atomic E-state index is 12.7. The number of aromatic nitrogens is 2. The van der Waals surface area contributed by atoms with Gasteiger partial charge in [0.15, 0.2) is 0 Å². The minimum Gasteiger partial charge on any atom is -0.255 e. The molecule has 0 unspecified atom stereocenters. The van der Waals surface area contributed by atoms with Crippen LogP contribution in [0, 0.1) is 0 Å². The molecule has 118 valence electrons. The molecule has 23 heavy (non-hydrogen) atoms. The van der Waals surface area contributed by atoms with Crippen molar-refractivity contribution in [2.75, 3.05) is 5.43 Å². The van der Waals surface area contributed by atoms with E-state index >= 15 is 0 Å². The Morgan fingerprint density at radius 2 is 2.04 bits per heavy atom. The number of pyridine rings is 1. The van der Waals surface area contributed by atoms with Crippen molar-refractivity contribution in [2.24, 2.45) is 5.10 Å². The fraction of sp³-hybridized carbons (Fsp3) is 0.133. The number of hydrogen-bond donors (Lipinski definition) is 1. The zero-order chi connectivity index (χ0) is 16.4. The summed E-state index contributed by atoms with van der Waals surface area (Å²) in [4.78, 5) is 8.29. The Kier molecular flexibility index (Phi) is 3.99. The molecule has 0 bridgehead atoms. The number of rotatable bonds is 3. The van der Waals surface area contributed by atoms with Gasteiger partial charge in [0.25, 0.3) is 0 Å². The predicted octanol–water partition coefficient (Wildman–Crippen LogP) is 4.55. The number of fused-ring (bicyclic) bond motifs is 1. The molecular weight excluding hydrogens is 325 g/mol. The van der Waals surface area contributed by atoms with Crippen molar-refractivity contribution >= 4 is 32.4 Å². The number of halogens is 3. The lowest BCUT2D eigenvalue weighted by Crippen LogP contribution is -2.04. The predicted molar refractivity (Wildman–Crippen MR) is 84.7 cm³/mol. The Bertz CT molecular complexity index is 856. The van der Waals surface area contributed by atoms with Crippen molar-refractivity contribution in [2.45, 2.75) is 13.1 Å². The second-order valence-corrected chi connectivity index (χ2v) is 5.75. The first kappa shape index (κ1) is 15.4. The number of nitrogens with one attached hydrogen (secondary N) is 1. The van der Waals surface area contributed by atoms with Gasteiger partial charge < -0.3 is 0 Å². The summed E-state index contributed by atoms with van der Waals surface area (Å²) in [7, 11) is 0. The molecular formula is C15H11F3N4S. The zero-order valence-corrected chi connectivity index (χ0v) is 12.7. The number of anilines is 1. The average Bonchev–Trinajstić information content (AvgIpc) is 2.94. The molecule has 0 saturated carbocycles. The first-order chi connectivity index (χ1) is 10.9. The van der Waals surface area contributed by atoms with Crippen molar-refractivity contribution in [1.82, 2.24) is 9.97 Å². The molecule has 2 aromatic heterocycles. The van der Waals surface area contributed by atoms with Gasteiger partial charge in [0.1, 0.15) is 0 Å². The fourth-order valence-electron chi connectivity index (χ4n) is 1.92. The third-order valence-corrected chi connectivity index (χ3v) is 4.01. The van der Waals surface area contributed by atoms with E-state index in [0.29, 0.717) is 21.2 Å². The molecule has 3 aromatic rings. The number of hydrazone groups is 1. The summed E-state index contributed by atoms with van der Waals surface area (Å²) in [5.41, 5.74) is 3.70. The van der Waals surface area contributed by atoms with Crippen LogP contribution in [0.3, 0.4) is 0 Å². The normalized spacial score (nSPS) is 12.6. The Hall–Kier alpha value is -2.48. The van der Waals surface area contributed by atoms with Gasteiger partial charge >= 0.3 is 6.18 Å². The number of nitrogens with zero attached hydrogens (tertiary/aromatic N) is 3. The molecule has 4 nitrogen and oxygen atoms in total. The third kappa shape index (κ3) is 3.48. The fourth-order valence-corrected chi connectivity index (χ4v) is 2.71. The Balaban J connectivity index is 1.84. The van der Waals surface area contributed by atoms with Gasteiger partial charge in [-0.25, -0.2) is 4.98 Å². The van der Waals surface area contributed by atoms with E-state index in [0.717, 1.165) is 12.1 Å². The van der Waals surface area contributed by atoms with Crippen LogP contribution in [0.15, 0.2) is 47.7 Å². The molecule has 8 heteroatoms. The second-order valence-electron chi connectivity index (χ2n) is 4.72. The van der Waals surface area contributed by atoms with Gasteiger partial charge in [-0.3, -0.25) is 10.4 Å². The molecule has 0 spiro atoms. The molecule has 1 aromatic carbocycles. The maximum absolute atomic E-state index is 12.7. The monoisotopic (exact) mass is 336 g/mol. The first-order valence-electron chi connectivity index (χ1n) is 6.63. The summed E-state index contributed by atoms with van der Waals surface area (Å²) >= 11 is 1.24. The van der Waals surface area contributed by atoms with Crippen molar-refractivity contribution in [3.63, 3.8) is 0 Å². The maximum Gasteiger partial charge on any atom is 0.416 e. The molecule has 0 radical (unpaired) electrons. The Morgan fingerprint density at radius 3 is 2.74 bits per heavy atom. The van der Waals surface area contributed by atoms with Crippen LogP contribution in [0.25, 0.3) is 10.2 Å². The van der Waals surface area contributed by atoms with Gasteiger partial charge in [-0.2, -0.15) is 18.3 Å². The summed E-state index contributed by atoms with van der Waals surface area (Å²) < 4.78 is 38.7. The lowest BCUT2D eigenvalue weighted by molar-refractivity contribution is -0.137. The number of thiazole rings is 1. The number of hydrogen-bond acceptors (Lipinski definition) is 5. The van der Waals surface area contributed by atoms with E-state index < -0.39 is 11.7 Å². The number of alkyl halides is 3. The molecule has 0 aliphatic heterocycles. The molecule has 0 atom stereocenters. The Labute approximate surface area is 133 Å². The minimum absolute atomic E-state index is 0.290. The molecule has 0 aliphatic rings. The zero-order valence-electron chi connectivity index (χ0n) is 11.9. The van der Waals surface area contributed by atoms with Gasteiger partial charge in [0, 0.05) is 6.20 Å². The van der Waals surface area contributed by atoms with Crippen molar-refractivity contribution < 1.29 is 13.2 Å². The van der Waals surface area contributed by atoms with Crippen LogP contribution in [0.4, 0.5) is 18.3 Å². The molecule has 3 rings (SSSR count). The SMILES string of the molecule is C/C(=N\Nc1nc2cc(C(F)(F)F)ccc2s1)c1ccccn1. The second kappa shape index (κ2) is 5.96. The molecule has 0 fully saturated rings. The molecule has 0 amide bonds. The van der Waals surface area contributed by atoms with Gasteiger partial charge in [-0.1, -0.05) is 17.4 Å². The van der Waals surface area contributed by atoms with E-state index in [9.17, 15) is 13.2 Å². The van der Waals surface area contributed by atoms with Gasteiger partial charge in [0.2, 0.25) is 5.13 Å². The lowest BCUT2D eigenvalue weighted by atomic mass is 10.2. The summed E-state index contributed by atoms with van der Waals surface area (Å²) in [6, 6.07) is 8.96. The summed E-state index contributed by atoms with van der Waals surface area (Å²) in [6.07, 6.45) is -2.72. The van der Waals surface area contributed by atoms with Crippen LogP contribution in [0.5, 0.6) is 0 Å². The largest absolute Gasteiger partial charge is 0.416 e. The topological polar surface area (TPSA) is 50.2 Å². The van der Waals surface area contributed by atoms with Crippen LogP contribution in [-0.4, -0.2) is 15.7 Å². The van der Waals surface area contributed by atoms with E-state index in [4.69, 9.17) is 0 Å². The van der Waals surface area contributed by atoms with Crippen LogP contribution < -0.4 is 5.43 Å². The third-order valence-electron chi connectivity index (χ3n) is 3.07. The Morgan fingerprint density at radius 1 is 1.22 bits per heavy atom. The standard InChI is InChI=1S/C15H11F3N4S/c1-9(11-4-2-3-7-19-11)21-22-14-20-12-8-10(15(16,17)18)5-6-13(12)23-14/h2-8H,1H3,(H,20,22)/b21-9+. The van der Waals surface area contributed by atoms with Crippen molar-refractivity contribution in [1.29, 1.82) is 0 Å². The van der Waals surface area contributed by atoms with E-state index in [2.05, 4.69) is 20.5 Å². The van der Waals surface area contributed by atoms with Crippen LogP contribution in [-0.2, 0) is 6.18 Å². The highest BCUT2D eigenvalue weighted by Crippen LogP contribution is 2.33. The highest BCUT2D eigenvalue weighted by Gasteiger charge is 2.30. The average molecular weight is 336 g/mol. The summed E-state index contributed by atoms with van der Waals surface area (Å²) in [6.45, 7) is 1.78. The molecule has 0 saturated heterocycles. The van der Waals surface area contributed by atoms with Gasteiger partial charge in [-0.05, 0) is 37.3 Å². The smallest absolute Gasteiger partial charge is 0.255 e. The van der Waals surface area contributed by atoms with Gasteiger partial charge in [0.05, 0.1) is 27.2 Å². The summed E-state index contributed by atoms with van der Waals surface area (Å²) in [5, 5.41) is 4.59. The van der Waals surface area contributed by atoms with Crippen molar-refractivity contribution in [3.8, 4) is 0 Å². The van der Waals surface area contributed by atoms with E-state index in [1.807, 2.05) is 12.1 Å². The number of benzene rings is 1. The summed E-state index contributed by atoms with van der Waals surface area (Å²) in [5.74, 6) is 0. The lowest BCUT2D eigenvalue weighted by Gasteiger charge is -2.04. The highest BCUT2D eigenvalue weighted by atomic mass is 32.1. The van der Waals surface area contributed by atoms with Crippen LogP contribution in [0.2, 0.25) is 0 Å².